The molecule has 1 N–H and O–H groups in total. The van der Waals surface area contributed by atoms with Crippen LogP contribution >= 0.6 is 0 Å². The van der Waals surface area contributed by atoms with Crippen LogP contribution in [0, 0.1) is 5.92 Å². The van der Waals surface area contributed by atoms with E-state index in [9.17, 15) is 5.11 Å². The zero-order valence-corrected chi connectivity index (χ0v) is 13.2. The second-order valence-electron chi connectivity index (χ2n) is 6.63. The molecule has 0 unspecified atom stereocenters. The van der Waals surface area contributed by atoms with Crippen molar-refractivity contribution in [3.63, 3.8) is 0 Å². The molecule has 0 atom stereocenters. The molecule has 2 heterocycles. The van der Waals surface area contributed by atoms with E-state index in [4.69, 9.17) is 0 Å². The third-order valence-electron chi connectivity index (χ3n) is 4.16. The minimum absolute atomic E-state index is 0.565. The Balaban J connectivity index is 1.91. The van der Waals surface area contributed by atoms with Crippen LogP contribution in [0.25, 0.3) is 0 Å². The number of nitrogens with zero attached hydrogens (tertiary/aromatic N) is 3. The van der Waals surface area contributed by atoms with Crippen molar-refractivity contribution in [2.45, 2.75) is 58.6 Å². The number of rotatable bonds is 6. The first kappa shape index (κ1) is 15.5. The van der Waals surface area contributed by atoms with Crippen LogP contribution in [0.5, 0.6) is 0 Å². The third kappa shape index (κ3) is 4.06. The van der Waals surface area contributed by atoms with Gasteiger partial charge in [-0.05, 0) is 25.2 Å². The molecule has 1 aliphatic heterocycles. The minimum atomic E-state index is -0.565. The Morgan fingerprint density at radius 3 is 2.65 bits per heavy atom. The Morgan fingerprint density at radius 1 is 1.35 bits per heavy atom. The predicted molar refractivity (Wildman–Crippen MR) is 81.7 cm³/mol. The Bertz CT molecular complexity index is 406. The van der Waals surface area contributed by atoms with E-state index in [-0.39, 0.29) is 0 Å². The van der Waals surface area contributed by atoms with Gasteiger partial charge in [0.15, 0.2) is 0 Å². The lowest BCUT2D eigenvalue weighted by atomic mass is 9.87. The summed E-state index contributed by atoms with van der Waals surface area (Å²) in [6, 6.07) is 0. The van der Waals surface area contributed by atoms with Crippen LogP contribution in [0.3, 0.4) is 0 Å². The van der Waals surface area contributed by atoms with Gasteiger partial charge in [0.05, 0.1) is 5.60 Å². The van der Waals surface area contributed by atoms with Gasteiger partial charge < -0.3 is 14.6 Å². The van der Waals surface area contributed by atoms with Crippen molar-refractivity contribution in [2.24, 2.45) is 5.92 Å². The maximum absolute atomic E-state index is 10.8. The van der Waals surface area contributed by atoms with Crippen LogP contribution in [0.4, 0.5) is 0 Å². The van der Waals surface area contributed by atoms with Crippen LogP contribution in [0.2, 0.25) is 0 Å². The van der Waals surface area contributed by atoms with E-state index in [1.165, 1.54) is 0 Å². The van der Waals surface area contributed by atoms with Crippen molar-refractivity contribution in [1.29, 1.82) is 0 Å². The van der Waals surface area contributed by atoms with E-state index in [1.54, 1.807) is 0 Å². The Morgan fingerprint density at radius 2 is 2.05 bits per heavy atom. The molecule has 0 aliphatic carbocycles. The molecule has 0 radical (unpaired) electrons. The lowest BCUT2D eigenvalue weighted by Gasteiger charge is -2.38. The van der Waals surface area contributed by atoms with Crippen LogP contribution in [-0.4, -0.2) is 44.8 Å². The normalized spacial score (nSPS) is 19.6. The van der Waals surface area contributed by atoms with Crippen LogP contribution < -0.4 is 0 Å². The highest BCUT2D eigenvalue weighted by atomic mass is 16.3. The topological polar surface area (TPSA) is 41.3 Å². The molecular formula is C16H29N3O. The van der Waals surface area contributed by atoms with E-state index >= 15 is 0 Å². The van der Waals surface area contributed by atoms with Gasteiger partial charge in [0.2, 0.25) is 0 Å². The molecule has 1 aliphatic rings. The summed E-state index contributed by atoms with van der Waals surface area (Å²) in [6.45, 7) is 10.8. The van der Waals surface area contributed by atoms with E-state index < -0.39 is 5.60 Å². The smallest absolute Gasteiger partial charge is 0.111 e. The zero-order chi connectivity index (χ0) is 14.6. The highest BCUT2D eigenvalue weighted by molar-refractivity contribution is 5.00. The summed E-state index contributed by atoms with van der Waals surface area (Å²) in [5, 5.41) is 10.8. The molecule has 0 bridgehead atoms. The molecular weight excluding hydrogens is 250 g/mol. The SMILES string of the molecule is CCCn1ccnc1CC1(O)CCN(CC(C)C)CC1. The van der Waals surface area contributed by atoms with Gasteiger partial charge in [0.25, 0.3) is 0 Å². The van der Waals surface area contributed by atoms with Crippen molar-refractivity contribution in [1.82, 2.24) is 14.5 Å². The average molecular weight is 279 g/mol. The number of hydrogen-bond acceptors (Lipinski definition) is 3. The van der Waals surface area contributed by atoms with Crippen molar-refractivity contribution >= 4 is 0 Å². The van der Waals surface area contributed by atoms with Crippen molar-refractivity contribution in [3.8, 4) is 0 Å². The first-order chi connectivity index (χ1) is 9.52. The van der Waals surface area contributed by atoms with E-state index in [0.717, 1.165) is 51.3 Å². The Kier molecular flexibility index (Phi) is 5.22. The number of hydrogen-bond donors (Lipinski definition) is 1. The number of piperidine rings is 1. The van der Waals surface area contributed by atoms with Gasteiger partial charge in [0.1, 0.15) is 5.82 Å². The molecule has 4 nitrogen and oxygen atoms in total. The molecule has 20 heavy (non-hydrogen) atoms. The molecule has 114 valence electrons. The molecule has 1 saturated heterocycles. The highest BCUT2D eigenvalue weighted by Crippen LogP contribution is 2.26. The summed E-state index contributed by atoms with van der Waals surface area (Å²) in [5.41, 5.74) is -0.565. The molecule has 1 fully saturated rings. The number of aryl methyl sites for hydroxylation is 1. The summed E-state index contributed by atoms with van der Waals surface area (Å²) >= 11 is 0. The number of likely N-dealkylation sites (tertiary alicyclic amines) is 1. The van der Waals surface area contributed by atoms with Gasteiger partial charge in [-0.25, -0.2) is 4.98 Å². The molecule has 0 saturated carbocycles. The van der Waals surface area contributed by atoms with Gasteiger partial charge >= 0.3 is 0 Å². The standard InChI is InChI=1S/C16H29N3O/c1-4-8-19-11-7-17-15(19)12-16(20)5-9-18(10-6-16)13-14(2)3/h7,11,14,20H,4-6,8-10,12-13H2,1-3H3. The van der Waals surface area contributed by atoms with Gasteiger partial charge in [-0.3, -0.25) is 0 Å². The summed E-state index contributed by atoms with van der Waals surface area (Å²) in [7, 11) is 0. The van der Waals surface area contributed by atoms with Gasteiger partial charge in [0, 0.05) is 45.0 Å². The fraction of sp³-hybridized carbons (Fsp3) is 0.812. The first-order valence-corrected chi connectivity index (χ1v) is 7.97. The largest absolute Gasteiger partial charge is 0.389 e. The summed E-state index contributed by atoms with van der Waals surface area (Å²) in [6.07, 6.45) is 7.38. The Hall–Kier alpha value is -0.870. The van der Waals surface area contributed by atoms with Crippen LogP contribution in [0.1, 0.15) is 45.9 Å². The van der Waals surface area contributed by atoms with Crippen molar-refractivity contribution < 1.29 is 5.11 Å². The monoisotopic (exact) mass is 279 g/mol. The summed E-state index contributed by atoms with van der Waals surface area (Å²) in [5.74, 6) is 1.73. The Labute approximate surface area is 122 Å². The lowest BCUT2D eigenvalue weighted by molar-refractivity contribution is -0.0246. The third-order valence-corrected chi connectivity index (χ3v) is 4.16. The molecule has 1 aromatic heterocycles. The molecule has 4 heteroatoms. The number of aliphatic hydroxyl groups is 1. The number of aromatic nitrogens is 2. The first-order valence-electron chi connectivity index (χ1n) is 7.97. The zero-order valence-electron chi connectivity index (χ0n) is 13.2. The quantitative estimate of drug-likeness (QED) is 0.869. The fourth-order valence-corrected chi connectivity index (χ4v) is 3.09. The van der Waals surface area contributed by atoms with Gasteiger partial charge in [-0.2, -0.15) is 0 Å². The van der Waals surface area contributed by atoms with E-state index in [1.807, 2.05) is 12.4 Å². The van der Waals surface area contributed by atoms with Crippen molar-refractivity contribution in [2.75, 3.05) is 19.6 Å². The maximum Gasteiger partial charge on any atom is 0.111 e. The lowest BCUT2D eigenvalue weighted by Crippen LogP contribution is -2.47. The molecule has 0 aromatic carbocycles. The minimum Gasteiger partial charge on any atom is -0.389 e. The van der Waals surface area contributed by atoms with Crippen molar-refractivity contribution in [3.05, 3.63) is 18.2 Å². The van der Waals surface area contributed by atoms with Gasteiger partial charge in [-0.1, -0.05) is 20.8 Å². The van der Waals surface area contributed by atoms with Gasteiger partial charge in [-0.15, -0.1) is 0 Å². The fourth-order valence-electron chi connectivity index (χ4n) is 3.09. The molecule has 2 rings (SSSR count). The second kappa shape index (κ2) is 6.72. The van der Waals surface area contributed by atoms with E-state index in [2.05, 4.69) is 35.2 Å². The second-order valence-corrected chi connectivity index (χ2v) is 6.63. The summed E-state index contributed by atoms with van der Waals surface area (Å²) in [4.78, 5) is 6.90. The summed E-state index contributed by atoms with van der Waals surface area (Å²) < 4.78 is 2.18. The van der Waals surface area contributed by atoms with E-state index in [0.29, 0.717) is 12.3 Å². The average Bonchev–Trinajstić information content (AvgIpc) is 2.80. The highest BCUT2D eigenvalue weighted by Gasteiger charge is 2.33. The molecule has 0 spiro atoms. The maximum atomic E-state index is 10.8. The predicted octanol–water partition coefficient (Wildman–Crippen LogP) is 2.32. The number of imidazole rings is 1. The van der Waals surface area contributed by atoms with Crippen LogP contribution in [-0.2, 0) is 13.0 Å². The molecule has 0 amide bonds. The van der Waals surface area contributed by atoms with Crippen LogP contribution in [0.15, 0.2) is 12.4 Å². The molecule has 1 aromatic rings.